The molecule has 3 unspecified atom stereocenters. The van der Waals surface area contributed by atoms with Crippen molar-refractivity contribution < 1.29 is 31.9 Å². The van der Waals surface area contributed by atoms with Gasteiger partial charge in [0, 0.05) is 0 Å². The maximum Gasteiger partial charge on any atom is 2.00 e. The summed E-state index contributed by atoms with van der Waals surface area (Å²) < 4.78 is 0. The van der Waals surface area contributed by atoms with Crippen LogP contribution in [-0.4, -0.2) is 31.2 Å². The van der Waals surface area contributed by atoms with Crippen LogP contribution in [-0.2, 0) is 21.7 Å². The van der Waals surface area contributed by atoms with Crippen molar-refractivity contribution in [2.24, 2.45) is 5.41 Å². The molecule has 5 heteroatoms. The molecule has 0 radical (unpaired) electrons. The minimum Gasteiger partial charge on any atom is -0.852 e. The van der Waals surface area contributed by atoms with Crippen molar-refractivity contribution in [3.05, 3.63) is 0 Å². The van der Waals surface area contributed by atoms with E-state index in [4.69, 9.17) is 0 Å². The zero-order chi connectivity index (χ0) is 21.0. The first-order chi connectivity index (χ1) is 12.2. The second-order valence-corrected chi connectivity index (χ2v) is 9.28. The molecule has 1 fully saturated rings. The monoisotopic (exact) mass is 456 g/mol. The van der Waals surface area contributed by atoms with Crippen LogP contribution in [0.1, 0.15) is 106 Å². The van der Waals surface area contributed by atoms with E-state index in [9.17, 15) is 10.2 Å². The van der Waals surface area contributed by atoms with Gasteiger partial charge in [0.15, 0.2) is 0 Å². The third-order valence-corrected chi connectivity index (χ3v) is 5.78. The van der Waals surface area contributed by atoms with E-state index in [0.717, 1.165) is 11.1 Å². The van der Waals surface area contributed by atoms with Crippen LogP contribution in [0.15, 0.2) is 0 Å². The van der Waals surface area contributed by atoms with Gasteiger partial charge in [-0.3, -0.25) is 0 Å². The Bertz CT molecular complexity index is 245. The zero-order valence-corrected chi connectivity index (χ0v) is 23.4. The van der Waals surface area contributed by atoms with E-state index in [1.165, 1.54) is 66.4 Å². The first-order valence-electron chi connectivity index (χ1n) is 10.8. The Morgan fingerprint density at radius 1 is 0.963 bits per heavy atom. The first-order valence-corrected chi connectivity index (χ1v) is 13.5. The van der Waals surface area contributed by atoms with Gasteiger partial charge in [-0.05, 0) is 49.8 Å². The van der Waals surface area contributed by atoms with Gasteiger partial charge in [0.2, 0.25) is 0 Å². The molecule has 0 amide bonds. The Hall–Kier alpha value is 1.49. The molecule has 0 saturated heterocycles. The van der Waals surface area contributed by atoms with Gasteiger partial charge in [0.1, 0.15) is 0 Å². The molecule has 1 rings (SSSR count). The molecule has 0 spiro atoms. The number of hydrogen-bond acceptors (Lipinski definition) is 2. The fourth-order valence-electron chi connectivity index (χ4n) is 3.38. The SMILES string of the molecule is CC(C)[O-].CC(C)[O-].CCCCC1(CCCC)CCCC(PC)C1.CP.[Ti+2]. The molecule has 27 heavy (non-hydrogen) atoms. The van der Waals surface area contributed by atoms with Crippen LogP contribution in [0.5, 0.6) is 0 Å². The fourth-order valence-corrected chi connectivity index (χ4v) is 4.51. The van der Waals surface area contributed by atoms with Gasteiger partial charge in [-0.15, -0.1) is 30.0 Å². The second-order valence-electron chi connectivity index (χ2n) is 7.89. The molecule has 2 nitrogen and oxygen atoms in total. The molecule has 0 aromatic heterocycles. The van der Waals surface area contributed by atoms with Crippen molar-refractivity contribution in [3.63, 3.8) is 0 Å². The summed E-state index contributed by atoms with van der Waals surface area (Å²) in [4.78, 5) is 0. The Morgan fingerprint density at radius 2 is 1.33 bits per heavy atom. The Morgan fingerprint density at radius 3 is 1.63 bits per heavy atom. The summed E-state index contributed by atoms with van der Waals surface area (Å²) in [6, 6.07) is 0. The van der Waals surface area contributed by atoms with Gasteiger partial charge >= 0.3 is 21.7 Å². The Labute approximate surface area is 191 Å². The van der Waals surface area contributed by atoms with E-state index in [1.54, 1.807) is 34.1 Å². The second kappa shape index (κ2) is 25.5. The summed E-state index contributed by atoms with van der Waals surface area (Å²) >= 11 is 0. The summed E-state index contributed by atoms with van der Waals surface area (Å²) in [5.41, 5.74) is 1.83. The van der Waals surface area contributed by atoms with E-state index in [2.05, 4.69) is 29.8 Å². The Balaban J connectivity index is -0.000000202. The molecule has 0 aromatic carbocycles. The van der Waals surface area contributed by atoms with Gasteiger partial charge in [0.25, 0.3) is 0 Å². The molecule has 0 bridgehead atoms. The van der Waals surface area contributed by atoms with Crippen LogP contribution in [0, 0.1) is 5.41 Å². The van der Waals surface area contributed by atoms with Crippen molar-refractivity contribution in [2.45, 2.75) is 124 Å². The molecule has 0 aliphatic heterocycles. The molecule has 0 N–H and O–H groups in total. The van der Waals surface area contributed by atoms with E-state index in [0.29, 0.717) is 0 Å². The molecule has 1 aliphatic carbocycles. The summed E-state index contributed by atoms with van der Waals surface area (Å²) in [6.07, 6.45) is 14.0. The third-order valence-electron chi connectivity index (χ3n) is 4.47. The van der Waals surface area contributed by atoms with Crippen LogP contribution >= 0.6 is 17.8 Å². The van der Waals surface area contributed by atoms with Gasteiger partial charge < -0.3 is 10.2 Å². The van der Waals surface area contributed by atoms with E-state index in [-0.39, 0.29) is 21.7 Å². The number of hydrogen-bond donors (Lipinski definition) is 0. The average Bonchev–Trinajstić information content (AvgIpc) is 2.59. The zero-order valence-electron chi connectivity index (χ0n) is 19.7. The van der Waals surface area contributed by atoms with Crippen molar-refractivity contribution in [1.29, 1.82) is 0 Å². The first kappa shape index (κ1) is 35.9. The van der Waals surface area contributed by atoms with Crippen LogP contribution in [0.25, 0.3) is 0 Å². The van der Waals surface area contributed by atoms with E-state index < -0.39 is 12.2 Å². The Kier molecular flexibility index (Phi) is 33.9. The molecule has 1 saturated carbocycles. The molecular weight excluding hydrogens is 406 g/mol. The van der Waals surface area contributed by atoms with Crippen LogP contribution in [0.3, 0.4) is 0 Å². The molecule has 164 valence electrons. The van der Waals surface area contributed by atoms with Crippen molar-refractivity contribution in [3.8, 4) is 0 Å². The molecule has 0 heterocycles. The predicted molar refractivity (Wildman–Crippen MR) is 124 cm³/mol. The fraction of sp³-hybridized carbons (Fsp3) is 1.00. The third kappa shape index (κ3) is 27.5. The number of unbranched alkanes of at least 4 members (excludes halogenated alkanes) is 2. The predicted octanol–water partition coefficient (Wildman–Crippen LogP) is 5.60. The normalized spacial score (nSPS) is 17.9. The van der Waals surface area contributed by atoms with Gasteiger partial charge in [-0.25, -0.2) is 0 Å². The smallest absolute Gasteiger partial charge is 0.852 e. The quantitative estimate of drug-likeness (QED) is 0.370. The largest absolute Gasteiger partial charge is 2.00 e. The summed E-state index contributed by atoms with van der Waals surface area (Å²) in [6.45, 7) is 15.5. The molecule has 3 atom stereocenters. The van der Waals surface area contributed by atoms with E-state index in [1.807, 2.05) is 6.66 Å². The van der Waals surface area contributed by atoms with Gasteiger partial charge in [-0.2, -0.15) is 0 Å². The maximum atomic E-state index is 9.53. The minimum absolute atomic E-state index is 0. The minimum atomic E-state index is -0.417. The standard InChI is InChI=1S/C15H31P.2C3H7O.CH5P.Ti/c1-4-6-10-15(11-7-5-2)12-8-9-14(13-15)16-3;2*1-3(2)4;1-2;/h14,16H,4-13H2,1-3H3;2*3H,1-2H3;2H2,1H3;/q;2*-1;;+2. The molecule has 0 aromatic rings. The van der Waals surface area contributed by atoms with Crippen molar-refractivity contribution >= 4 is 17.8 Å². The maximum absolute atomic E-state index is 9.53. The number of rotatable bonds is 7. The van der Waals surface area contributed by atoms with Gasteiger partial charge in [0.05, 0.1) is 0 Å². The molecule has 1 aliphatic rings. The topological polar surface area (TPSA) is 46.1 Å². The summed E-state index contributed by atoms with van der Waals surface area (Å²) in [5, 5.41) is 19.1. The average molecular weight is 456 g/mol. The van der Waals surface area contributed by atoms with Gasteiger partial charge in [-0.1, -0.05) is 80.3 Å². The summed E-state index contributed by atoms with van der Waals surface area (Å²) in [7, 11) is 3.60. The summed E-state index contributed by atoms with van der Waals surface area (Å²) in [5.74, 6) is 0. The van der Waals surface area contributed by atoms with Crippen LogP contribution < -0.4 is 10.2 Å². The van der Waals surface area contributed by atoms with Crippen molar-refractivity contribution in [1.82, 2.24) is 0 Å². The van der Waals surface area contributed by atoms with E-state index >= 15 is 0 Å². The molecular formula is C22H50O2P2Ti. The van der Waals surface area contributed by atoms with Crippen molar-refractivity contribution in [2.75, 3.05) is 13.3 Å². The van der Waals surface area contributed by atoms with Crippen LogP contribution in [0.4, 0.5) is 0 Å². The van der Waals surface area contributed by atoms with Crippen LogP contribution in [0.2, 0.25) is 0 Å².